The Bertz CT molecular complexity index is 1090. The van der Waals surface area contributed by atoms with Crippen LogP contribution in [-0.2, 0) is 21.0 Å². The summed E-state index contributed by atoms with van der Waals surface area (Å²) in [5.41, 5.74) is -0.932. The van der Waals surface area contributed by atoms with Crippen molar-refractivity contribution in [2.24, 2.45) is 0 Å². The number of rotatable bonds is 4. The Hall–Kier alpha value is -1.98. The molecule has 0 saturated heterocycles. The van der Waals surface area contributed by atoms with E-state index in [9.17, 15) is 26.4 Å². The van der Waals surface area contributed by atoms with Crippen molar-refractivity contribution in [3.05, 3.63) is 45.4 Å². The number of halogens is 5. The molecule has 1 unspecified atom stereocenters. The van der Waals surface area contributed by atoms with Crippen LogP contribution in [0.15, 0.2) is 39.7 Å². The molecule has 156 valence electrons. The van der Waals surface area contributed by atoms with Crippen LogP contribution in [0.25, 0.3) is 0 Å². The molecule has 1 aliphatic rings. The number of anilines is 2. The van der Waals surface area contributed by atoms with Gasteiger partial charge in [-0.05, 0) is 46.6 Å². The quantitative estimate of drug-likeness (QED) is 0.601. The predicted molar refractivity (Wildman–Crippen MR) is 105 cm³/mol. The third-order valence-electron chi connectivity index (χ3n) is 4.05. The Morgan fingerprint density at radius 2 is 1.97 bits per heavy atom. The lowest BCUT2D eigenvalue weighted by atomic mass is 10.2. The lowest BCUT2D eigenvalue weighted by Gasteiger charge is -2.26. The number of benzene rings is 2. The number of nitrogens with one attached hydrogen (secondary N) is 2. The van der Waals surface area contributed by atoms with Crippen molar-refractivity contribution in [2.45, 2.75) is 30.5 Å². The first-order valence-corrected chi connectivity index (χ1v) is 10.8. The smallest absolute Gasteiger partial charge is 0.416 e. The number of alkyl halides is 3. The average molecular weight is 514 g/mol. The van der Waals surface area contributed by atoms with Crippen LogP contribution in [0.1, 0.15) is 18.9 Å². The van der Waals surface area contributed by atoms with E-state index in [0.717, 1.165) is 12.1 Å². The molecule has 1 heterocycles. The van der Waals surface area contributed by atoms with E-state index in [1.54, 1.807) is 6.92 Å². The normalized spacial score (nSPS) is 16.6. The molecule has 3 rings (SSSR count). The molecule has 12 heteroatoms. The lowest BCUT2D eigenvalue weighted by molar-refractivity contribution is -0.137. The maximum absolute atomic E-state index is 12.8. The number of ether oxygens (including phenoxy) is 1. The number of hydrogen-bond donors (Lipinski definition) is 2. The van der Waals surface area contributed by atoms with Gasteiger partial charge in [-0.3, -0.25) is 9.52 Å². The summed E-state index contributed by atoms with van der Waals surface area (Å²) < 4.78 is 71.7. The molecule has 0 spiro atoms. The Morgan fingerprint density at radius 3 is 2.55 bits per heavy atom. The van der Waals surface area contributed by atoms with Crippen molar-refractivity contribution in [2.75, 3.05) is 10.0 Å². The van der Waals surface area contributed by atoms with E-state index in [1.165, 1.54) is 12.1 Å². The SMILES string of the molecule is CCC1Oc2cc(S(=O)(=O)Nc3ccc(C(F)(F)F)cc3Cl)c(Br)cc2NC1=O. The predicted octanol–water partition coefficient (Wildman–Crippen LogP) is 5.03. The maximum Gasteiger partial charge on any atom is 0.416 e. The fourth-order valence-electron chi connectivity index (χ4n) is 2.60. The standard InChI is InChI=1S/C17H13BrClF3N2O4S/c1-2-13-16(25)23-12-6-9(18)15(7-14(12)28-13)29(26,27)24-11-4-3-8(5-10(11)19)17(20,21)22/h3-7,13,24H,2H2,1H3,(H,23,25). The minimum absolute atomic E-state index is 0.116. The van der Waals surface area contributed by atoms with Gasteiger partial charge in [0.2, 0.25) is 0 Å². The van der Waals surface area contributed by atoms with Crippen molar-refractivity contribution >= 4 is 54.8 Å². The molecule has 1 amide bonds. The van der Waals surface area contributed by atoms with Crippen LogP contribution < -0.4 is 14.8 Å². The fourth-order valence-corrected chi connectivity index (χ4v) is 5.02. The monoisotopic (exact) mass is 512 g/mol. The van der Waals surface area contributed by atoms with Crippen molar-refractivity contribution < 1.29 is 31.1 Å². The molecule has 0 radical (unpaired) electrons. The summed E-state index contributed by atoms with van der Waals surface area (Å²) in [7, 11) is -4.24. The molecule has 0 aromatic heterocycles. The van der Waals surface area contributed by atoms with Crippen LogP contribution in [0.2, 0.25) is 5.02 Å². The second-order valence-corrected chi connectivity index (χ2v) is 8.99. The number of hydrogen-bond acceptors (Lipinski definition) is 4. The van der Waals surface area contributed by atoms with Crippen molar-refractivity contribution in [3.63, 3.8) is 0 Å². The number of amides is 1. The number of sulfonamides is 1. The highest BCUT2D eigenvalue weighted by Gasteiger charge is 2.32. The first-order chi connectivity index (χ1) is 13.4. The van der Waals surface area contributed by atoms with Crippen molar-refractivity contribution in [3.8, 4) is 5.75 Å². The topological polar surface area (TPSA) is 84.5 Å². The van der Waals surface area contributed by atoms with Gasteiger partial charge in [0.05, 0.1) is 22.0 Å². The van der Waals surface area contributed by atoms with Crippen LogP contribution in [0.4, 0.5) is 24.5 Å². The van der Waals surface area contributed by atoms with E-state index in [-0.39, 0.29) is 32.4 Å². The summed E-state index contributed by atoms with van der Waals surface area (Å²) in [6, 6.07) is 4.85. The molecule has 2 aromatic carbocycles. The van der Waals surface area contributed by atoms with Gasteiger partial charge in [-0.15, -0.1) is 0 Å². The maximum atomic E-state index is 12.8. The zero-order valence-corrected chi connectivity index (χ0v) is 17.8. The van der Waals surface area contributed by atoms with Gasteiger partial charge in [0.1, 0.15) is 10.6 Å². The summed E-state index contributed by atoms with van der Waals surface area (Å²) in [6.07, 6.45) is -5.00. The Kier molecular flexibility index (Phi) is 5.76. The highest BCUT2D eigenvalue weighted by Crippen LogP contribution is 2.39. The fraction of sp³-hybridized carbons (Fsp3) is 0.235. The van der Waals surface area contributed by atoms with Crippen molar-refractivity contribution in [1.29, 1.82) is 0 Å². The molecule has 0 fully saturated rings. The van der Waals surface area contributed by atoms with Crippen LogP contribution in [0, 0.1) is 0 Å². The molecule has 29 heavy (non-hydrogen) atoms. The van der Waals surface area contributed by atoms with E-state index in [4.69, 9.17) is 16.3 Å². The molecule has 6 nitrogen and oxygen atoms in total. The first-order valence-electron chi connectivity index (χ1n) is 8.13. The molecule has 2 N–H and O–H groups in total. The zero-order valence-electron chi connectivity index (χ0n) is 14.6. The summed E-state index contributed by atoms with van der Waals surface area (Å²) in [5, 5.41) is 2.21. The van der Waals surface area contributed by atoms with E-state index in [2.05, 4.69) is 26.0 Å². The Balaban J connectivity index is 1.96. The summed E-state index contributed by atoms with van der Waals surface area (Å²) >= 11 is 8.95. The number of fused-ring (bicyclic) bond motifs is 1. The Labute approximate surface area is 177 Å². The Morgan fingerprint density at radius 1 is 1.28 bits per heavy atom. The van der Waals surface area contributed by atoms with Crippen LogP contribution in [0.3, 0.4) is 0 Å². The van der Waals surface area contributed by atoms with Crippen LogP contribution >= 0.6 is 27.5 Å². The van der Waals surface area contributed by atoms with E-state index >= 15 is 0 Å². The first kappa shape index (κ1) is 21.7. The zero-order chi connectivity index (χ0) is 21.6. The van der Waals surface area contributed by atoms with E-state index in [1.807, 2.05) is 0 Å². The molecular formula is C17H13BrClF3N2O4S. The van der Waals surface area contributed by atoms with Crippen molar-refractivity contribution in [1.82, 2.24) is 0 Å². The second-order valence-electron chi connectivity index (χ2n) is 6.08. The molecule has 0 bridgehead atoms. The van der Waals surface area contributed by atoms with Gasteiger partial charge in [-0.2, -0.15) is 13.2 Å². The highest BCUT2D eigenvalue weighted by atomic mass is 79.9. The molecule has 2 aromatic rings. The third-order valence-corrected chi connectivity index (χ3v) is 6.69. The van der Waals surface area contributed by atoms with E-state index in [0.29, 0.717) is 12.5 Å². The molecule has 0 saturated carbocycles. The lowest BCUT2D eigenvalue weighted by Crippen LogP contribution is -2.36. The number of carbonyl (C=O) groups excluding carboxylic acids is 1. The third kappa shape index (κ3) is 4.46. The minimum atomic E-state index is -4.61. The van der Waals surface area contributed by atoms with Gasteiger partial charge in [0.25, 0.3) is 15.9 Å². The van der Waals surface area contributed by atoms with Gasteiger partial charge < -0.3 is 10.1 Å². The number of carbonyl (C=O) groups is 1. The molecule has 0 aliphatic carbocycles. The van der Waals surface area contributed by atoms with Crippen LogP contribution in [-0.4, -0.2) is 20.4 Å². The summed E-state index contributed by atoms with van der Waals surface area (Å²) in [4.78, 5) is 11.6. The van der Waals surface area contributed by atoms with Gasteiger partial charge in [-0.25, -0.2) is 8.42 Å². The molecular weight excluding hydrogens is 501 g/mol. The van der Waals surface area contributed by atoms with Gasteiger partial charge in [0, 0.05) is 10.5 Å². The van der Waals surface area contributed by atoms with Crippen LogP contribution in [0.5, 0.6) is 5.75 Å². The van der Waals surface area contributed by atoms with Gasteiger partial charge >= 0.3 is 6.18 Å². The minimum Gasteiger partial charge on any atom is -0.478 e. The largest absolute Gasteiger partial charge is 0.478 e. The molecule has 1 atom stereocenters. The van der Waals surface area contributed by atoms with E-state index < -0.39 is 32.9 Å². The summed E-state index contributed by atoms with van der Waals surface area (Å²) in [5.74, 6) is -0.198. The summed E-state index contributed by atoms with van der Waals surface area (Å²) in [6.45, 7) is 1.74. The highest BCUT2D eigenvalue weighted by molar-refractivity contribution is 9.10. The average Bonchev–Trinajstić information content (AvgIpc) is 2.61. The van der Waals surface area contributed by atoms with Gasteiger partial charge in [-0.1, -0.05) is 18.5 Å². The molecule has 1 aliphatic heterocycles. The second kappa shape index (κ2) is 7.69. The van der Waals surface area contributed by atoms with Gasteiger partial charge in [0.15, 0.2) is 6.10 Å².